The van der Waals surface area contributed by atoms with E-state index in [9.17, 15) is 8.42 Å². The molecule has 0 radical (unpaired) electrons. The van der Waals surface area contributed by atoms with Gasteiger partial charge in [-0.3, -0.25) is 0 Å². The van der Waals surface area contributed by atoms with Gasteiger partial charge >= 0.3 is 0 Å². The van der Waals surface area contributed by atoms with Crippen LogP contribution in [0.5, 0.6) is 0 Å². The molecule has 17 heavy (non-hydrogen) atoms. The molecule has 94 valence electrons. The van der Waals surface area contributed by atoms with Crippen LogP contribution in [0.15, 0.2) is 14.1 Å². The van der Waals surface area contributed by atoms with E-state index in [0.717, 1.165) is 9.35 Å². The number of nitriles is 1. The van der Waals surface area contributed by atoms with E-state index in [1.54, 1.807) is 6.07 Å². The van der Waals surface area contributed by atoms with Gasteiger partial charge in [0.1, 0.15) is 4.21 Å². The molecule has 7 heteroatoms. The molecular formula is C10H13BrN2O2S2. The van der Waals surface area contributed by atoms with E-state index in [1.165, 1.54) is 11.3 Å². The number of sulfonamides is 1. The van der Waals surface area contributed by atoms with Gasteiger partial charge < -0.3 is 0 Å². The van der Waals surface area contributed by atoms with Crippen LogP contribution in [0.25, 0.3) is 0 Å². The van der Waals surface area contributed by atoms with Crippen molar-refractivity contribution in [2.75, 3.05) is 0 Å². The second-order valence-electron chi connectivity index (χ2n) is 3.61. The maximum atomic E-state index is 12.0. The van der Waals surface area contributed by atoms with Gasteiger partial charge in [-0.05, 0) is 40.9 Å². The maximum Gasteiger partial charge on any atom is 0.250 e. The Bertz CT molecular complexity index is 511. The van der Waals surface area contributed by atoms with Crippen LogP contribution < -0.4 is 4.72 Å². The average molecular weight is 337 g/mol. The summed E-state index contributed by atoms with van der Waals surface area (Å²) in [5.41, 5.74) is 0.892. The molecule has 1 unspecified atom stereocenters. The first kappa shape index (κ1) is 14.6. The van der Waals surface area contributed by atoms with Crippen molar-refractivity contribution in [2.24, 2.45) is 0 Å². The van der Waals surface area contributed by atoms with Crippen LogP contribution in [0.1, 0.15) is 25.3 Å². The Morgan fingerprint density at radius 2 is 2.29 bits per heavy atom. The fourth-order valence-electron chi connectivity index (χ4n) is 1.22. The van der Waals surface area contributed by atoms with E-state index in [-0.39, 0.29) is 16.7 Å². The van der Waals surface area contributed by atoms with E-state index >= 15 is 0 Å². The molecule has 1 heterocycles. The monoisotopic (exact) mass is 336 g/mol. The summed E-state index contributed by atoms with van der Waals surface area (Å²) in [7, 11) is -3.51. The molecule has 0 aliphatic heterocycles. The Hall–Kier alpha value is -0.420. The van der Waals surface area contributed by atoms with Crippen LogP contribution in [0, 0.1) is 18.3 Å². The number of hydrogen-bond donors (Lipinski definition) is 1. The Labute approximate surface area is 114 Å². The summed E-state index contributed by atoms with van der Waals surface area (Å²) in [4.78, 5) is 0. The summed E-state index contributed by atoms with van der Waals surface area (Å²) in [5, 5.41) is 8.59. The lowest BCUT2D eigenvalue weighted by molar-refractivity contribution is 0.545. The highest BCUT2D eigenvalue weighted by atomic mass is 79.9. The molecule has 1 atom stereocenters. The van der Waals surface area contributed by atoms with Gasteiger partial charge in [0, 0.05) is 6.04 Å². The van der Waals surface area contributed by atoms with Gasteiger partial charge in [-0.15, -0.1) is 11.3 Å². The third-order valence-corrected chi connectivity index (χ3v) is 6.38. The van der Waals surface area contributed by atoms with Crippen molar-refractivity contribution in [1.82, 2.24) is 4.72 Å². The quantitative estimate of drug-likeness (QED) is 0.898. The molecule has 1 aromatic rings. The first-order valence-electron chi connectivity index (χ1n) is 5.06. The zero-order valence-corrected chi connectivity index (χ0v) is 12.7. The first-order chi connectivity index (χ1) is 7.90. The summed E-state index contributed by atoms with van der Waals surface area (Å²) in [6, 6.07) is 3.27. The van der Waals surface area contributed by atoms with E-state index in [0.29, 0.717) is 6.42 Å². The van der Waals surface area contributed by atoms with E-state index < -0.39 is 10.0 Å². The highest BCUT2D eigenvalue weighted by Crippen LogP contribution is 2.30. The third kappa shape index (κ3) is 3.78. The van der Waals surface area contributed by atoms with Gasteiger partial charge in [-0.2, -0.15) is 5.26 Å². The number of hydrogen-bond acceptors (Lipinski definition) is 4. The Morgan fingerprint density at radius 3 is 2.71 bits per heavy atom. The van der Waals surface area contributed by atoms with Crippen LogP contribution in [-0.2, 0) is 10.0 Å². The molecule has 0 spiro atoms. The van der Waals surface area contributed by atoms with Gasteiger partial charge in [0.25, 0.3) is 0 Å². The van der Waals surface area contributed by atoms with Crippen LogP contribution in [-0.4, -0.2) is 14.5 Å². The van der Waals surface area contributed by atoms with E-state index in [2.05, 4.69) is 20.7 Å². The number of nitrogens with zero attached hydrogens (tertiary/aromatic N) is 1. The highest BCUT2D eigenvalue weighted by Gasteiger charge is 2.21. The van der Waals surface area contributed by atoms with Crippen LogP contribution >= 0.6 is 27.3 Å². The number of halogens is 1. The molecule has 0 aromatic carbocycles. The lowest BCUT2D eigenvalue weighted by atomic mass is 10.2. The Kier molecular flexibility index (Phi) is 5.13. The Balaban J connectivity index is 2.92. The molecule has 0 bridgehead atoms. The predicted octanol–water partition coefficient (Wildman–Crippen LogP) is 2.79. The topological polar surface area (TPSA) is 70.0 Å². The molecule has 0 fully saturated rings. The van der Waals surface area contributed by atoms with Crippen LogP contribution in [0.2, 0.25) is 0 Å². The normalized spacial score (nSPS) is 13.3. The van der Waals surface area contributed by atoms with Gasteiger partial charge in [0.2, 0.25) is 10.0 Å². The molecule has 0 aliphatic carbocycles. The molecule has 0 saturated heterocycles. The van der Waals surface area contributed by atoms with Crippen molar-refractivity contribution in [3.8, 4) is 6.07 Å². The second kappa shape index (κ2) is 5.96. The van der Waals surface area contributed by atoms with Crippen molar-refractivity contribution in [1.29, 1.82) is 5.26 Å². The molecule has 0 aliphatic rings. The van der Waals surface area contributed by atoms with Gasteiger partial charge in [-0.25, -0.2) is 13.1 Å². The van der Waals surface area contributed by atoms with Gasteiger partial charge in [-0.1, -0.05) is 6.92 Å². The third-order valence-electron chi connectivity index (χ3n) is 2.25. The molecule has 0 saturated carbocycles. The highest BCUT2D eigenvalue weighted by molar-refractivity contribution is 9.11. The minimum atomic E-state index is -3.51. The van der Waals surface area contributed by atoms with Crippen molar-refractivity contribution in [2.45, 2.75) is 36.9 Å². The number of nitrogens with one attached hydrogen (secondary N) is 1. The minimum Gasteiger partial charge on any atom is -0.206 e. The smallest absolute Gasteiger partial charge is 0.206 e. The summed E-state index contributed by atoms with van der Waals surface area (Å²) >= 11 is 4.47. The number of aryl methyl sites for hydroxylation is 1. The number of rotatable bonds is 5. The minimum absolute atomic E-state index is 0.182. The van der Waals surface area contributed by atoms with E-state index in [1.807, 2.05) is 19.9 Å². The summed E-state index contributed by atoms with van der Waals surface area (Å²) in [5.74, 6) is 0. The standard InChI is InChI=1S/C10H13BrN2O2S2/c1-3-8(4-5-12)13-17(14,15)9-6-7(2)10(11)16-9/h6,8,13H,3-4H2,1-2H3. The molecule has 1 rings (SSSR count). The second-order valence-corrected chi connectivity index (χ2v) is 7.92. The van der Waals surface area contributed by atoms with Crippen molar-refractivity contribution < 1.29 is 8.42 Å². The predicted molar refractivity (Wildman–Crippen MR) is 71.4 cm³/mol. The maximum absolute atomic E-state index is 12.0. The lowest BCUT2D eigenvalue weighted by Gasteiger charge is -2.12. The average Bonchev–Trinajstić information content (AvgIpc) is 2.59. The zero-order valence-electron chi connectivity index (χ0n) is 9.53. The molecule has 1 aromatic heterocycles. The molecule has 0 amide bonds. The molecular weight excluding hydrogens is 324 g/mol. The molecule has 1 N–H and O–H groups in total. The first-order valence-corrected chi connectivity index (χ1v) is 8.15. The lowest BCUT2D eigenvalue weighted by Crippen LogP contribution is -2.33. The van der Waals surface area contributed by atoms with Crippen molar-refractivity contribution in [3.05, 3.63) is 15.4 Å². The van der Waals surface area contributed by atoms with Gasteiger partial charge in [0.05, 0.1) is 16.3 Å². The zero-order chi connectivity index (χ0) is 13.1. The van der Waals surface area contributed by atoms with Crippen LogP contribution in [0.3, 0.4) is 0 Å². The van der Waals surface area contributed by atoms with Crippen molar-refractivity contribution in [3.63, 3.8) is 0 Å². The van der Waals surface area contributed by atoms with Gasteiger partial charge in [0.15, 0.2) is 0 Å². The Morgan fingerprint density at radius 1 is 1.65 bits per heavy atom. The van der Waals surface area contributed by atoms with Crippen LogP contribution in [0.4, 0.5) is 0 Å². The largest absolute Gasteiger partial charge is 0.250 e. The SMILES string of the molecule is CCC(CC#N)NS(=O)(=O)c1cc(C)c(Br)s1. The fraction of sp³-hybridized carbons (Fsp3) is 0.500. The van der Waals surface area contributed by atoms with E-state index in [4.69, 9.17) is 5.26 Å². The number of thiophene rings is 1. The van der Waals surface area contributed by atoms with Crippen molar-refractivity contribution >= 4 is 37.3 Å². The fourth-order valence-corrected chi connectivity index (χ4v) is 4.78. The summed E-state index contributed by atoms with van der Waals surface area (Å²) in [6.45, 7) is 3.69. The summed E-state index contributed by atoms with van der Waals surface area (Å²) in [6.07, 6.45) is 0.777. The molecule has 4 nitrogen and oxygen atoms in total. The summed E-state index contributed by atoms with van der Waals surface area (Å²) < 4.78 is 27.6.